The molecule has 0 aliphatic heterocycles. The minimum Gasteiger partial charge on any atom is -0.508 e. The second-order valence-electron chi connectivity index (χ2n) is 3.56. The van der Waals surface area contributed by atoms with Gasteiger partial charge in [0.1, 0.15) is 11.6 Å². The number of aromatic hydroxyl groups is 1. The molecule has 0 spiro atoms. The molecule has 1 N–H and O–H groups in total. The Morgan fingerprint density at radius 1 is 1.50 bits per heavy atom. The molecular formula is C10H11ClN2O. The number of aromatic nitrogens is 2. The molecule has 3 nitrogen and oxygen atoms in total. The fraction of sp³-hybridized carbons (Fsp3) is 0.300. The standard InChI is InChI=1S/C10H11ClN2O/c1-6(2)10-12-9(11)8-5-7(14)3-4-13(8)10/h3-6,14H,1-2H3. The van der Waals surface area contributed by atoms with E-state index in [4.69, 9.17) is 11.6 Å². The fourth-order valence-electron chi connectivity index (χ4n) is 1.47. The van der Waals surface area contributed by atoms with Crippen molar-refractivity contribution in [1.29, 1.82) is 0 Å². The van der Waals surface area contributed by atoms with Crippen molar-refractivity contribution >= 4 is 17.1 Å². The first-order valence-corrected chi connectivity index (χ1v) is 4.84. The first-order valence-electron chi connectivity index (χ1n) is 4.46. The zero-order valence-corrected chi connectivity index (χ0v) is 8.78. The lowest BCUT2D eigenvalue weighted by molar-refractivity contribution is 0.475. The Hall–Kier alpha value is -1.22. The van der Waals surface area contributed by atoms with Gasteiger partial charge in [-0.3, -0.25) is 0 Å². The van der Waals surface area contributed by atoms with Gasteiger partial charge in [0.15, 0.2) is 5.15 Å². The van der Waals surface area contributed by atoms with Crippen LogP contribution >= 0.6 is 11.6 Å². The first kappa shape index (κ1) is 9.34. The maximum absolute atomic E-state index is 9.30. The molecule has 2 heterocycles. The molecule has 0 atom stereocenters. The van der Waals surface area contributed by atoms with Crippen molar-refractivity contribution in [3.63, 3.8) is 0 Å². The van der Waals surface area contributed by atoms with Crippen molar-refractivity contribution in [2.75, 3.05) is 0 Å². The maximum Gasteiger partial charge on any atom is 0.155 e. The van der Waals surface area contributed by atoms with Crippen LogP contribution in [0, 0.1) is 0 Å². The van der Waals surface area contributed by atoms with E-state index in [9.17, 15) is 5.11 Å². The Balaban J connectivity index is 2.77. The van der Waals surface area contributed by atoms with Gasteiger partial charge < -0.3 is 9.51 Å². The lowest BCUT2D eigenvalue weighted by Gasteiger charge is -2.03. The van der Waals surface area contributed by atoms with Crippen LogP contribution in [0.3, 0.4) is 0 Å². The van der Waals surface area contributed by atoms with Gasteiger partial charge >= 0.3 is 0 Å². The molecule has 0 radical (unpaired) electrons. The van der Waals surface area contributed by atoms with Gasteiger partial charge in [-0.05, 0) is 6.07 Å². The number of pyridine rings is 1. The summed E-state index contributed by atoms with van der Waals surface area (Å²) in [7, 11) is 0. The van der Waals surface area contributed by atoms with Crippen LogP contribution in [0.1, 0.15) is 25.6 Å². The van der Waals surface area contributed by atoms with E-state index in [1.807, 2.05) is 4.40 Å². The first-order chi connectivity index (χ1) is 6.59. The minimum atomic E-state index is 0.203. The van der Waals surface area contributed by atoms with E-state index in [0.29, 0.717) is 11.1 Å². The fourth-order valence-corrected chi connectivity index (χ4v) is 1.70. The topological polar surface area (TPSA) is 37.5 Å². The smallest absolute Gasteiger partial charge is 0.155 e. The number of rotatable bonds is 1. The predicted octanol–water partition coefficient (Wildman–Crippen LogP) is 2.82. The van der Waals surface area contributed by atoms with Crippen LogP contribution in [0.2, 0.25) is 5.15 Å². The predicted molar refractivity (Wildman–Crippen MR) is 56.0 cm³/mol. The van der Waals surface area contributed by atoms with Crippen LogP contribution in [0.5, 0.6) is 5.75 Å². The Labute approximate surface area is 87.0 Å². The van der Waals surface area contributed by atoms with Crippen LogP contribution in [0.25, 0.3) is 5.52 Å². The molecule has 2 aromatic heterocycles. The van der Waals surface area contributed by atoms with Gasteiger partial charge in [-0.25, -0.2) is 4.98 Å². The van der Waals surface area contributed by atoms with Crippen LogP contribution < -0.4 is 0 Å². The molecule has 0 unspecified atom stereocenters. The van der Waals surface area contributed by atoms with Crippen LogP contribution in [-0.4, -0.2) is 14.5 Å². The number of hydrogen-bond acceptors (Lipinski definition) is 2. The zero-order chi connectivity index (χ0) is 10.3. The molecule has 74 valence electrons. The van der Waals surface area contributed by atoms with Gasteiger partial charge in [0.2, 0.25) is 0 Å². The van der Waals surface area contributed by atoms with E-state index in [1.165, 1.54) is 0 Å². The van der Waals surface area contributed by atoms with Crippen LogP contribution in [0.15, 0.2) is 18.3 Å². The highest BCUT2D eigenvalue weighted by atomic mass is 35.5. The van der Waals surface area contributed by atoms with Gasteiger partial charge in [-0.2, -0.15) is 0 Å². The van der Waals surface area contributed by atoms with Crippen molar-refractivity contribution in [1.82, 2.24) is 9.38 Å². The van der Waals surface area contributed by atoms with E-state index in [2.05, 4.69) is 18.8 Å². The van der Waals surface area contributed by atoms with Gasteiger partial charge in [0, 0.05) is 18.2 Å². The molecule has 2 rings (SSSR count). The summed E-state index contributed by atoms with van der Waals surface area (Å²) in [6.45, 7) is 4.11. The number of hydrogen-bond donors (Lipinski definition) is 1. The molecule has 2 aromatic rings. The van der Waals surface area contributed by atoms with Crippen LogP contribution in [-0.2, 0) is 0 Å². The van der Waals surface area contributed by atoms with Crippen molar-refractivity contribution in [3.8, 4) is 5.75 Å². The SMILES string of the molecule is CC(C)c1nc(Cl)c2cc(O)ccn12. The summed E-state index contributed by atoms with van der Waals surface area (Å²) < 4.78 is 1.90. The molecule has 0 saturated carbocycles. The third-order valence-corrected chi connectivity index (χ3v) is 2.40. The van der Waals surface area contributed by atoms with Crippen molar-refractivity contribution in [2.45, 2.75) is 19.8 Å². The summed E-state index contributed by atoms with van der Waals surface area (Å²) in [6.07, 6.45) is 1.78. The Morgan fingerprint density at radius 2 is 2.21 bits per heavy atom. The third-order valence-electron chi connectivity index (χ3n) is 2.13. The van der Waals surface area contributed by atoms with Crippen molar-refractivity contribution in [2.24, 2.45) is 0 Å². The maximum atomic E-state index is 9.30. The van der Waals surface area contributed by atoms with Gasteiger partial charge in [-0.1, -0.05) is 25.4 Å². The highest BCUT2D eigenvalue weighted by molar-refractivity contribution is 6.32. The molecule has 0 saturated heterocycles. The lowest BCUT2D eigenvalue weighted by Crippen LogP contribution is -1.95. The molecule has 0 bridgehead atoms. The minimum absolute atomic E-state index is 0.203. The molecule has 0 aromatic carbocycles. The van der Waals surface area contributed by atoms with E-state index in [1.54, 1.807) is 18.3 Å². The lowest BCUT2D eigenvalue weighted by atomic mass is 10.2. The van der Waals surface area contributed by atoms with E-state index in [0.717, 1.165) is 11.3 Å². The quantitative estimate of drug-likeness (QED) is 0.786. The number of halogens is 1. The summed E-state index contributed by atoms with van der Waals surface area (Å²) in [4.78, 5) is 4.25. The highest BCUT2D eigenvalue weighted by Gasteiger charge is 2.12. The average Bonchev–Trinajstić information content (AvgIpc) is 2.44. The van der Waals surface area contributed by atoms with E-state index in [-0.39, 0.29) is 5.75 Å². The second kappa shape index (κ2) is 3.17. The second-order valence-corrected chi connectivity index (χ2v) is 3.91. The average molecular weight is 211 g/mol. The summed E-state index contributed by atoms with van der Waals surface area (Å²) >= 11 is 5.95. The monoisotopic (exact) mass is 210 g/mol. The Bertz CT molecular complexity index is 476. The summed E-state index contributed by atoms with van der Waals surface area (Å²) in [5.74, 6) is 1.42. The molecule has 0 aliphatic carbocycles. The number of nitrogens with zero attached hydrogens (tertiary/aromatic N) is 2. The van der Waals surface area contributed by atoms with Crippen molar-refractivity contribution in [3.05, 3.63) is 29.3 Å². The molecule has 14 heavy (non-hydrogen) atoms. The third kappa shape index (κ3) is 1.34. The Morgan fingerprint density at radius 3 is 2.86 bits per heavy atom. The van der Waals surface area contributed by atoms with Gasteiger partial charge in [0.05, 0.1) is 5.52 Å². The summed E-state index contributed by atoms with van der Waals surface area (Å²) in [5.41, 5.74) is 0.746. The molecule has 0 amide bonds. The molecule has 0 fully saturated rings. The van der Waals surface area contributed by atoms with Gasteiger partial charge in [0.25, 0.3) is 0 Å². The van der Waals surface area contributed by atoms with E-state index >= 15 is 0 Å². The largest absolute Gasteiger partial charge is 0.508 e. The van der Waals surface area contributed by atoms with Crippen LogP contribution in [0.4, 0.5) is 0 Å². The Kier molecular flexibility index (Phi) is 2.11. The number of fused-ring (bicyclic) bond motifs is 1. The highest BCUT2D eigenvalue weighted by Crippen LogP contribution is 2.25. The van der Waals surface area contributed by atoms with E-state index < -0.39 is 0 Å². The van der Waals surface area contributed by atoms with Crippen molar-refractivity contribution < 1.29 is 5.11 Å². The number of imidazole rings is 1. The molecule has 0 aliphatic rings. The molecule has 4 heteroatoms. The normalized spacial score (nSPS) is 11.4. The molecular weight excluding hydrogens is 200 g/mol. The van der Waals surface area contributed by atoms with Gasteiger partial charge in [-0.15, -0.1) is 0 Å². The summed E-state index contributed by atoms with van der Waals surface area (Å²) in [6, 6.07) is 3.23. The summed E-state index contributed by atoms with van der Waals surface area (Å²) in [5, 5.41) is 9.74. The zero-order valence-electron chi connectivity index (χ0n) is 8.03.